The summed E-state index contributed by atoms with van der Waals surface area (Å²) in [6.07, 6.45) is 3.70. The van der Waals surface area contributed by atoms with Crippen LogP contribution in [0.3, 0.4) is 0 Å². The highest BCUT2D eigenvalue weighted by Crippen LogP contribution is 2.37. The summed E-state index contributed by atoms with van der Waals surface area (Å²) in [4.78, 5) is 14.6. The number of likely N-dealkylation sites (tertiary alicyclic amines) is 1. The van der Waals surface area contributed by atoms with Crippen LogP contribution in [0.15, 0.2) is 24.3 Å². The molecule has 132 valence electrons. The molecule has 0 aliphatic carbocycles. The van der Waals surface area contributed by atoms with Crippen molar-refractivity contribution in [3.63, 3.8) is 0 Å². The number of ether oxygens (including phenoxy) is 2. The Bertz CT molecular complexity index is 591. The van der Waals surface area contributed by atoms with Gasteiger partial charge in [0.05, 0.1) is 18.2 Å². The van der Waals surface area contributed by atoms with Gasteiger partial charge in [0, 0.05) is 18.7 Å². The molecule has 0 aromatic heterocycles. The normalized spacial score (nSPS) is 14.6. The Morgan fingerprint density at radius 3 is 2.58 bits per heavy atom. The lowest BCUT2D eigenvalue weighted by atomic mass is 10.0. The Morgan fingerprint density at radius 1 is 1.25 bits per heavy atom. The first kappa shape index (κ1) is 18.7. The Labute approximate surface area is 149 Å². The van der Waals surface area contributed by atoms with Gasteiger partial charge in [0.1, 0.15) is 0 Å². The molecule has 1 fully saturated rings. The van der Waals surface area contributed by atoms with Crippen LogP contribution in [-0.4, -0.2) is 37.1 Å². The molecule has 0 radical (unpaired) electrons. The highest BCUT2D eigenvalue weighted by molar-refractivity contribution is 6.32. The van der Waals surface area contributed by atoms with Gasteiger partial charge in [-0.05, 0) is 38.3 Å². The first-order valence-corrected chi connectivity index (χ1v) is 8.99. The van der Waals surface area contributed by atoms with E-state index in [2.05, 4.69) is 13.5 Å². The van der Waals surface area contributed by atoms with Crippen LogP contribution < -0.4 is 9.47 Å². The van der Waals surface area contributed by atoms with Gasteiger partial charge in [0.15, 0.2) is 11.5 Å². The van der Waals surface area contributed by atoms with Crippen LogP contribution in [0.25, 0.3) is 0 Å². The molecule has 1 aliphatic rings. The molecule has 1 aromatic carbocycles. The molecule has 1 saturated heterocycles. The van der Waals surface area contributed by atoms with Gasteiger partial charge in [-0.2, -0.15) is 0 Å². The average Bonchev–Trinajstić information content (AvgIpc) is 2.57. The molecule has 1 aliphatic heterocycles. The predicted molar refractivity (Wildman–Crippen MR) is 97.3 cm³/mol. The van der Waals surface area contributed by atoms with Crippen molar-refractivity contribution in [1.29, 1.82) is 0 Å². The number of hydrogen-bond acceptors (Lipinski definition) is 3. The van der Waals surface area contributed by atoms with Crippen LogP contribution in [0.5, 0.6) is 11.5 Å². The van der Waals surface area contributed by atoms with Crippen molar-refractivity contribution in [2.75, 3.05) is 26.3 Å². The molecule has 0 N–H and O–H groups in total. The highest BCUT2D eigenvalue weighted by atomic mass is 35.5. The lowest BCUT2D eigenvalue weighted by molar-refractivity contribution is 0.0743. The second-order valence-corrected chi connectivity index (χ2v) is 6.37. The molecule has 0 saturated carbocycles. The van der Waals surface area contributed by atoms with E-state index in [0.29, 0.717) is 48.4 Å². The number of carbonyl (C=O) groups is 1. The Balaban J connectivity index is 2.21. The lowest BCUT2D eigenvalue weighted by Gasteiger charge is -2.28. The third kappa shape index (κ3) is 4.67. The van der Waals surface area contributed by atoms with Gasteiger partial charge in [-0.15, -0.1) is 0 Å². The monoisotopic (exact) mass is 351 g/mol. The van der Waals surface area contributed by atoms with Crippen molar-refractivity contribution in [3.05, 3.63) is 34.9 Å². The minimum Gasteiger partial charge on any atom is -0.490 e. The molecule has 4 nitrogen and oxygen atoms in total. The number of halogens is 1. The molecule has 0 atom stereocenters. The van der Waals surface area contributed by atoms with Gasteiger partial charge in [0.25, 0.3) is 5.91 Å². The summed E-state index contributed by atoms with van der Waals surface area (Å²) in [5, 5.41) is 0.418. The first-order chi connectivity index (χ1) is 11.6. The molecule has 24 heavy (non-hydrogen) atoms. The fourth-order valence-corrected chi connectivity index (χ4v) is 2.89. The van der Waals surface area contributed by atoms with Gasteiger partial charge in [-0.25, -0.2) is 0 Å². The van der Waals surface area contributed by atoms with Crippen molar-refractivity contribution >= 4 is 17.5 Å². The molecule has 2 rings (SSSR count). The van der Waals surface area contributed by atoms with E-state index in [1.54, 1.807) is 12.1 Å². The third-order valence-electron chi connectivity index (χ3n) is 4.06. The zero-order valence-corrected chi connectivity index (χ0v) is 15.3. The van der Waals surface area contributed by atoms with E-state index in [4.69, 9.17) is 21.1 Å². The zero-order chi connectivity index (χ0) is 17.5. The summed E-state index contributed by atoms with van der Waals surface area (Å²) >= 11 is 6.37. The SMILES string of the molecule is C=C1CCN(C(=O)c2cc(Cl)c(OCCCC)c(OCC)c2)CC1. The molecule has 0 bridgehead atoms. The second-order valence-electron chi connectivity index (χ2n) is 5.96. The highest BCUT2D eigenvalue weighted by Gasteiger charge is 2.22. The number of amides is 1. The molecule has 5 heteroatoms. The minimum absolute atomic E-state index is 0.0227. The van der Waals surface area contributed by atoms with Crippen LogP contribution >= 0.6 is 11.6 Å². The van der Waals surface area contributed by atoms with Gasteiger partial charge in [-0.3, -0.25) is 4.79 Å². The Kier molecular flexibility index (Phi) is 6.98. The van der Waals surface area contributed by atoms with E-state index in [-0.39, 0.29) is 5.91 Å². The number of rotatable bonds is 7. The number of carbonyl (C=O) groups excluding carboxylic acids is 1. The minimum atomic E-state index is -0.0227. The smallest absolute Gasteiger partial charge is 0.254 e. The summed E-state index contributed by atoms with van der Waals surface area (Å²) in [5.41, 5.74) is 1.74. The summed E-state index contributed by atoms with van der Waals surface area (Å²) in [6.45, 7) is 10.5. The number of piperidine rings is 1. The molecule has 1 heterocycles. The summed E-state index contributed by atoms with van der Waals surface area (Å²) in [7, 11) is 0. The number of unbranched alkanes of at least 4 members (excludes halogenated alkanes) is 1. The zero-order valence-electron chi connectivity index (χ0n) is 14.6. The Hall–Kier alpha value is -1.68. The van der Waals surface area contributed by atoms with E-state index >= 15 is 0 Å². The van der Waals surface area contributed by atoms with E-state index in [1.165, 1.54) is 5.57 Å². The van der Waals surface area contributed by atoms with Crippen LogP contribution in [0.4, 0.5) is 0 Å². The van der Waals surface area contributed by atoms with Crippen LogP contribution in [0.1, 0.15) is 49.9 Å². The van der Waals surface area contributed by atoms with Crippen molar-refractivity contribution in [3.8, 4) is 11.5 Å². The fourth-order valence-electron chi connectivity index (χ4n) is 2.62. The summed E-state index contributed by atoms with van der Waals surface area (Å²) in [5.74, 6) is 1.03. The maximum Gasteiger partial charge on any atom is 0.254 e. The van der Waals surface area contributed by atoms with E-state index in [9.17, 15) is 4.79 Å². The van der Waals surface area contributed by atoms with Crippen molar-refractivity contribution in [1.82, 2.24) is 4.90 Å². The van der Waals surface area contributed by atoms with Gasteiger partial charge < -0.3 is 14.4 Å². The maximum atomic E-state index is 12.7. The molecule has 1 aromatic rings. The number of nitrogens with zero attached hydrogens (tertiary/aromatic N) is 1. The van der Waals surface area contributed by atoms with Crippen LogP contribution in [0.2, 0.25) is 5.02 Å². The lowest BCUT2D eigenvalue weighted by Crippen LogP contribution is -2.36. The second kappa shape index (κ2) is 8.97. The summed E-state index contributed by atoms with van der Waals surface area (Å²) in [6, 6.07) is 3.42. The van der Waals surface area contributed by atoms with E-state index in [1.807, 2.05) is 11.8 Å². The first-order valence-electron chi connectivity index (χ1n) is 8.61. The average molecular weight is 352 g/mol. The van der Waals surface area contributed by atoms with Gasteiger partial charge in [-0.1, -0.05) is 37.1 Å². The van der Waals surface area contributed by atoms with E-state index in [0.717, 1.165) is 25.7 Å². The standard InChI is InChI=1S/C19H26ClNO3/c1-4-6-11-24-18-16(20)12-15(13-17(18)23-5-2)19(22)21-9-7-14(3)8-10-21/h12-13H,3-11H2,1-2H3. The third-order valence-corrected chi connectivity index (χ3v) is 4.34. The Morgan fingerprint density at radius 2 is 1.96 bits per heavy atom. The molecular formula is C19H26ClNO3. The molecular weight excluding hydrogens is 326 g/mol. The number of benzene rings is 1. The molecule has 0 spiro atoms. The topological polar surface area (TPSA) is 38.8 Å². The van der Waals surface area contributed by atoms with Crippen LogP contribution in [0, 0.1) is 0 Å². The van der Waals surface area contributed by atoms with Gasteiger partial charge in [0.2, 0.25) is 0 Å². The fraction of sp³-hybridized carbons (Fsp3) is 0.526. The summed E-state index contributed by atoms with van der Waals surface area (Å²) < 4.78 is 11.4. The predicted octanol–water partition coefficient (Wildman–Crippen LogP) is 4.71. The number of hydrogen-bond donors (Lipinski definition) is 0. The maximum absolute atomic E-state index is 12.7. The van der Waals surface area contributed by atoms with Crippen LogP contribution in [-0.2, 0) is 0 Å². The van der Waals surface area contributed by atoms with E-state index < -0.39 is 0 Å². The molecule has 1 amide bonds. The van der Waals surface area contributed by atoms with Crippen molar-refractivity contribution in [2.24, 2.45) is 0 Å². The van der Waals surface area contributed by atoms with Gasteiger partial charge >= 0.3 is 0 Å². The van der Waals surface area contributed by atoms with Crippen molar-refractivity contribution < 1.29 is 14.3 Å². The molecule has 0 unspecified atom stereocenters. The largest absolute Gasteiger partial charge is 0.490 e. The quantitative estimate of drug-likeness (QED) is 0.527. The van der Waals surface area contributed by atoms with Crippen molar-refractivity contribution in [2.45, 2.75) is 39.5 Å².